The molecular weight excluding hydrogens is 288 g/mol. The summed E-state index contributed by atoms with van der Waals surface area (Å²) in [5.41, 5.74) is 0.930. The number of rotatable bonds is 3. The summed E-state index contributed by atoms with van der Waals surface area (Å²) in [5.74, 6) is 0.902. The normalized spacial score (nSPS) is 21.9. The van der Waals surface area contributed by atoms with Gasteiger partial charge in [-0.15, -0.1) is 0 Å². The number of aryl methyl sites for hydroxylation is 1. The minimum atomic E-state index is -0.191. The van der Waals surface area contributed by atoms with E-state index in [0.717, 1.165) is 36.4 Å². The van der Waals surface area contributed by atoms with E-state index in [1.54, 1.807) is 19.1 Å². The van der Waals surface area contributed by atoms with Crippen molar-refractivity contribution in [1.29, 1.82) is 0 Å². The van der Waals surface area contributed by atoms with Gasteiger partial charge in [-0.2, -0.15) is 0 Å². The Morgan fingerprint density at radius 2 is 2.19 bits per heavy atom. The number of hydrogen-bond donors (Lipinski definition) is 0. The van der Waals surface area contributed by atoms with Gasteiger partial charge in [0.05, 0.1) is 17.6 Å². The smallest absolute Gasteiger partial charge is 0.228 e. The lowest BCUT2D eigenvalue weighted by atomic mass is 9.89. The minimum Gasteiger partial charge on any atom is -0.480 e. The summed E-state index contributed by atoms with van der Waals surface area (Å²) in [7, 11) is 1.64. The fourth-order valence-corrected chi connectivity index (χ4v) is 3.98. The molecule has 2 aliphatic heterocycles. The number of carbonyl (C=O) groups excluding carboxylic acids is 1. The van der Waals surface area contributed by atoms with Gasteiger partial charge in [-0.25, -0.2) is 9.29 Å². The summed E-state index contributed by atoms with van der Waals surface area (Å²) in [6.45, 7) is 4.15. The molecule has 114 valence electrons. The third-order valence-corrected chi connectivity index (χ3v) is 5.18. The van der Waals surface area contributed by atoms with Crippen molar-refractivity contribution < 1.29 is 14.3 Å². The fraction of sp³-hybridized carbons (Fsp3) is 0.600. The highest BCUT2D eigenvalue weighted by Crippen LogP contribution is 2.39. The lowest BCUT2D eigenvalue weighted by Gasteiger charge is -2.37. The van der Waals surface area contributed by atoms with Gasteiger partial charge >= 0.3 is 0 Å². The number of Topliss-reactive ketones (excluding diaryl/α,β-unsaturated/α-hetero) is 1. The monoisotopic (exact) mass is 308 g/mol. The molecule has 2 fully saturated rings. The van der Waals surface area contributed by atoms with Crippen molar-refractivity contribution >= 4 is 17.7 Å². The van der Waals surface area contributed by atoms with Gasteiger partial charge in [-0.05, 0) is 43.3 Å². The highest BCUT2D eigenvalue weighted by molar-refractivity contribution is 7.97. The second-order valence-corrected chi connectivity index (χ2v) is 6.87. The Balaban J connectivity index is 1.63. The Hall–Kier alpha value is -1.11. The topological polar surface area (TPSA) is 51.7 Å². The van der Waals surface area contributed by atoms with Crippen LogP contribution in [0.15, 0.2) is 17.2 Å². The van der Waals surface area contributed by atoms with E-state index < -0.39 is 0 Å². The lowest BCUT2D eigenvalue weighted by molar-refractivity contribution is -0.117. The summed E-state index contributed by atoms with van der Waals surface area (Å²) < 4.78 is 13.4. The minimum absolute atomic E-state index is 0.191. The third kappa shape index (κ3) is 3.22. The molecule has 2 aliphatic rings. The van der Waals surface area contributed by atoms with Crippen molar-refractivity contribution in [2.75, 3.05) is 26.8 Å². The van der Waals surface area contributed by atoms with Gasteiger partial charge in [0.1, 0.15) is 6.61 Å². The van der Waals surface area contributed by atoms with E-state index in [1.807, 2.05) is 13.1 Å². The molecule has 0 aliphatic carbocycles. The Kier molecular flexibility index (Phi) is 4.19. The highest BCUT2D eigenvalue weighted by Gasteiger charge is 2.42. The molecule has 1 spiro atoms. The van der Waals surface area contributed by atoms with Gasteiger partial charge in [0.2, 0.25) is 5.88 Å². The number of aromatic nitrogens is 1. The molecular formula is C15H20N2O3S. The van der Waals surface area contributed by atoms with Crippen LogP contribution in [0.2, 0.25) is 0 Å². The van der Waals surface area contributed by atoms with Crippen molar-refractivity contribution in [3.8, 4) is 5.88 Å². The maximum Gasteiger partial charge on any atom is 0.228 e. The number of piperidine rings is 1. The first-order valence-electron chi connectivity index (χ1n) is 7.19. The number of hydrogen-bond acceptors (Lipinski definition) is 6. The molecule has 0 radical (unpaired) electrons. The largest absolute Gasteiger partial charge is 0.480 e. The number of pyridine rings is 1. The molecule has 3 rings (SSSR count). The average molecular weight is 308 g/mol. The van der Waals surface area contributed by atoms with E-state index in [0.29, 0.717) is 18.9 Å². The van der Waals surface area contributed by atoms with Crippen LogP contribution < -0.4 is 4.74 Å². The van der Waals surface area contributed by atoms with E-state index in [1.165, 1.54) is 0 Å². The number of ether oxygens (including phenoxy) is 2. The second kappa shape index (κ2) is 5.94. The van der Waals surface area contributed by atoms with Gasteiger partial charge in [-0.3, -0.25) is 4.79 Å². The molecule has 0 amide bonds. The summed E-state index contributed by atoms with van der Waals surface area (Å²) >= 11 is 1.68. The van der Waals surface area contributed by atoms with Gasteiger partial charge < -0.3 is 9.47 Å². The quantitative estimate of drug-likeness (QED) is 0.798. The molecule has 0 aromatic carbocycles. The van der Waals surface area contributed by atoms with Crippen LogP contribution in [0, 0.1) is 6.92 Å². The molecule has 1 aromatic heterocycles. The molecule has 0 saturated carbocycles. The summed E-state index contributed by atoms with van der Waals surface area (Å²) in [6.07, 6.45) is 4.22. The number of nitrogens with zero attached hydrogens (tertiary/aromatic N) is 2. The standard InChI is InChI=1S/C15H20N2O3S/c1-11-7-13(14(19-2)16-9-11)21-17-5-3-15(4-6-17)8-12(18)10-20-15/h7,9H,3-6,8,10H2,1-2H3. The maximum absolute atomic E-state index is 11.4. The molecule has 0 bridgehead atoms. The van der Waals surface area contributed by atoms with Crippen molar-refractivity contribution in [3.63, 3.8) is 0 Å². The van der Waals surface area contributed by atoms with Crippen LogP contribution in [-0.2, 0) is 9.53 Å². The van der Waals surface area contributed by atoms with Crippen LogP contribution in [-0.4, -0.2) is 47.5 Å². The van der Waals surface area contributed by atoms with E-state index in [4.69, 9.17) is 9.47 Å². The van der Waals surface area contributed by atoms with Crippen LogP contribution in [0.5, 0.6) is 5.88 Å². The first kappa shape index (κ1) is 14.8. The van der Waals surface area contributed by atoms with Crippen LogP contribution in [0.1, 0.15) is 24.8 Å². The van der Waals surface area contributed by atoms with Gasteiger partial charge in [0.25, 0.3) is 0 Å². The van der Waals surface area contributed by atoms with Gasteiger partial charge in [-0.1, -0.05) is 0 Å². The molecule has 0 atom stereocenters. The zero-order valence-corrected chi connectivity index (χ0v) is 13.2. The SMILES string of the molecule is COc1ncc(C)cc1SN1CCC2(CC1)CC(=O)CO2. The summed E-state index contributed by atoms with van der Waals surface area (Å²) in [4.78, 5) is 16.8. The Labute approximate surface area is 129 Å². The van der Waals surface area contributed by atoms with Crippen LogP contribution in [0.4, 0.5) is 0 Å². The third-order valence-electron chi connectivity index (χ3n) is 4.07. The zero-order chi connectivity index (χ0) is 14.9. The lowest BCUT2D eigenvalue weighted by Crippen LogP contribution is -2.41. The molecule has 0 N–H and O–H groups in total. The van der Waals surface area contributed by atoms with Gasteiger partial charge in [0, 0.05) is 25.7 Å². The van der Waals surface area contributed by atoms with Gasteiger partial charge in [0.15, 0.2) is 5.78 Å². The molecule has 5 nitrogen and oxygen atoms in total. The van der Waals surface area contributed by atoms with E-state index in [-0.39, 0.29) is 11.4 Å². The molecule has 2 saturated heterocycles. The fourth-order valence-electron chi connectivity index (χ4n) is 2.89. The highest BCUT2D eigenvalue weighted by atomic mass is 32.2. The first-order valence-corrected chi connectivity index (χ1v) is 7.97. The molecule has 3 heterocycles. The molecule has 21 heavy (non-hydrogen) atoms. The maximum atomic E-state index is 11.4. The van der Waals surface area contributed by atoms with E-state index >= 15 is 0 Å². The molecule has 0 unspecified atom stereocenters. The number of carbonyl (C=O) groups is 1. The molecule has 1 aromatic rings. The molecule has 6 heteroatoms. The van der Waals surface area contributed by atoms with Crippen LogP contribution in [0.25, 0.3) is 0 Å². The zero-order valence-electron chi connectivity index (χ0n) is 12.4. The van der Waals surface area contributed by atoms with Crippen molar-refractivity contribution in [2.24, 2.45) is 0 Å². The summed E-state index contributed by atoms with van der Waals surface area (Å²) in [5, 5.41) is 0. The van der Waals surface area contributed by atoms with Crippen LogP contribution >= 0.6 is 11.9 Å². The van der Waals surface area contributed by atoms with E-state index in [9.17, 15) is 4.79 Å². The number of methoxy groups -OCH3 is 1. The number of ketones is 1. The van der Waals surface area contributed by atoms with E-state index in [2.05, 4.69) is 15.4 Å². The van der Waals surface area contributed by atoms with Crippen molar-refractivity contribution in [3.05, 3.63) is 17.8 Å². The Morgan fingerprint density at radius 1 is 1.43 bits per heavy atom. The van der Waals surface area contributed by atoms with Crippen molar-refractivity contribution in [2.45, 2.75) is 36.7 Å². The van der Waals surface area contributed by atoms with Crippen LogP contribution in [0.3, 0.4) is 0 Å². The second-order valence-electron chi connectivity index (χ2n) is 5.73. The Bertz CT molecular complexity index is 542. The average Bonchev–Trinajstić information content (AvgIpc) is 2.83. The first-order chi connectivity index (χ1) is 10.1. The summed E-state index contributed by atoms with van der Waals surface area (Å²) in [6, 6.07) is 2.09. The Morgan fingerprint density at radius 3 is 2.81 bits per heavy atom. The predicted molar refractivity (Wildman–Crippen MR) is 80.5 cm³/mol. The van der Waals surface area contributed by atoms with Crippen molar-refractivity contribution in [1.82, 2.24) is 9.29 Å². The predicted octanol–water partition coefficient (Wildman–Crippen LogP) is 2.23.